The highest BCUT2D eigenvalue weighted by Crippen LogP contribution is 2.31. The minimum atomic E-state index is -0.167. The normalized spacial score (nSPS) is 10.8. The van der Waals surface area contributed by atoms with Crippen molar-refractivity contribution >= 4 is 28.5 Å². The maximum absolute atomic E-state index is 12.7. The lowest BCUT2D eigenvalue weighted by Gasteiger charge is -2.25. The average Bonchev–Trinajstić information content (AvgIpc) is 3.25. The van der Waals surface area contributed by atoms with Gasteiger partial charge in [0.25, 0.3) is 5.91 Å². The second kappa shape index (κ2) is 10.5. The van der Waals surface area contributed by atoms with Gasteiger partial charge in [0.15, 0.2) is 18.1 Å². The molecule has 1 heterocycles. The summed E-state index contributed by atoms with van der Waals surface area (Å²) >= 11 is 2.22. The molecule has 31 heavy (non-hydrogen) atoms. The highest BCUT2D eigenvalue weighted by Gasteiger charge is 2.21. The summed E-state index contributed by atoms with van der Waals surface area (Å²) in [4.78, 5) is 18.8. The lowest BCUT2D eigenvalue weighted by Crippen LogP contribution is -2.39. The van der Waals surface area contributed by atoms with E-state index < -0.39 is 0 Å². The zero-order valence-corrected chi connectivity index (χ0v) is 20.0. The summed E-state index contributed by atoms with van der Waals surface area (Å²) < 4.78 is 22.7. The van der Waals surface area contributed by atoms with Gasteiger partial charge in [-0.3, -0.25) is 4.79 Å². The number of aromatic nitrogens is 2. The van der Waals surface area contributed by atoms with Crippen LogP contribution in [0.3, 0.4) is 0 Å². The molecule has 0 unspecified atom stereocenters. The number of rotatable bonds is 9. The second-order valence-electron chi connectivity index (χ2n) is 6.94. The van der Waals surface area contributed by atoms with Crippen LogP contribution in [0.5, 0.6) is 17.2 Å². The number of methoxy groups -OCH3 is 2. The molecular formula is C22H24IN3O5. The van der Waals surface area contributed by atoms with Crippen LogP contribution in [0.15, 0.2) is 47.0 Å². The standard InChI is InChI=1S/C22H24IN3O5/c1-14(2)26(21(27)13-30-17-8-6-16(23)7-9-17)12-20-24-22(25-31-20)15-5-10-18(28-3)19(11-15)29-4/h5-11,14H,12-13H2,1-4H3. The molecule has 9 heteroatoms. The topological polar surface area (TPSA) is 86.9 Å². The molecular weight excluding hydrogens is 513 g/mol. The Morgan fingerprint density at radius 1 is 1.10 bits per heavy atom. The Bertz CT molecular complexity index is 1020. The number of nitrogens with zero attached hydrogens (tertiary/aromatic N) is 3. The summed E-state index contributed by atoms with van der Waals surface area (Å²) in [7, 11) is 3.14. The molecule has 1 aromatic heterocycles. The van der Waals surface area contributed by atoms with E-state index in [1.165, 1.54) is 0 Å². The van der Waals surface area contributed by atoms with Gasteiger partial charge in [0.1, 0.15) is 12.3 Å². The molecule has 0 fully saturated rings. The SMILES string of the molecule is COc1ccc(-c2noc(CN(C(=O)COc3ccc(I)cc3)C(C)C)n2)cc1OC. The number of carbonyl (C=O) groups excluding carboxylic acids is 1. The van der Waals surface area contributed by atoms with Gasteiger partial charge in [-0.2, -0.15) is 4.98 Å². The summed E-state index contributed by atoms with van der Waals surface area (Å²) in [5, 5.41) is 4.04. The van der Waals surface area contributed by atoms with Crippen molar-refractivity contribution in [2.24, 2.45) is 0 Å². The second-order valence-corrected chi connectivity index (χ2v) is 8.19. The van der Waals surface area contributed by atoms with Gasteiger partial charge in [-0.25, -0.2) is 0 Å². The first kappa shape index (κ1) is 22.9. The van der Waals surface area contributed by atoms with E-state index in [2.05, 4.69) is 32.7 Å². The van der Waals surface area contributed by atoms with Gasteiger partial charge in [0.05, 0.1) is 14.2 Å². The third-order valence-electron chi connectivity index (χ3n) is 4.54. The van der Waals surface area contributed by atoms with Gasteiger partial charge < -0.3 is 23.6 Å². The molecule has 3 rings (SSSR count). The zero-order valence-electron chi connectivity index (χ0n) is 17.8. The summed E-state index contributed by atoms with van der Waals surface area (Å²) in [6.07, 6.45) is 0. The molecule has 0 spiro atoms. The molecule has 0 aliphatic heterocycles. The third kappa shape index (κ3) is 5.87. The van der Waals surface area contributed by atoms with Crippen LogP contribution < -0.4 is 14.2 Å². The van der Waals surface area contributed by atoms with Gasteiger partial charge in [-0.05, 0) is 78.9 Å². The Hall–Kier alpha value is -2.82. The third-order valence-corrected chi connectivity index (χ3v) is 5.25. The first-order valence-corrected chi connectivity index (χ1v) is 10.7. The van der Waals surface area contributed by atoms with Crippen molar-refractivity contribution < 1.29 is 23.5 Å². The Morgan fingerprint density at radius 2 is 1.81 bits per heavy atom. The fourth-order valence-electron chi connectivity index (χ4n) is 2.87. The predicted octanol–water partition coefficient (Wildman–Crippen LogP) is 4.17. The fourth-order valence-corrected chi connectivity index (χ4v) is 3.23. The summed E-state index contributed by atoms with van der Waals surface area (Å²) in [5.41, 5.74) is 0.720. The van der Waals surface area contributed by atoms with Crippen LogP contribution in [-0.2, 0) is 11.3 Å². The van der Waals surface area contributed by atoms with E-state index in [0.717, 1.165) is 9.13 Å². The van der Waals surface area contributed by atoms with E-state index >= 15 is 0 Å². The van der Waals surface area contributed by atoms with Crippen LogP contribution in [0.1, 0.15) is 19.7 Å². The van der Waals surface area contributed by atoms with Crippen LogP contribution >= 0.6 is 22.6 Å². The predicted molar refractivity (Wildman–Crippen MR) is 123 cm³/mol. The first-order valence-electron chi connectivity index (χ1n) is 9.64. The number of ether oxygens (including phenoxy) is 3. The monoisotopic (exact) mass is 537 g/mol. The number of halogens is 1. The molecule has 0 saturated carbocycles. The van der Waals surface area contributed by atoms with Gasteiger partial charge in [0.2, 0.25) is 11.7 Å². The van der Waals surface area contributed by atoms with E-state index in [1.807, 2.05) is 44.2 Å². The Kier molecular flexibility index (Phi) is 7.72. The number of hydrogen-bond donors (Lipinski definition) is 0. The van der Waals surface area contributed by atoms with Gasteiger partial charge in [-0.1, -0.05) is 5.16 Å². The molecule has 0 aliphatic rings. The van der Waals surface area contributed by atoms with Gasteiger partial charge >= 0.3 is 0 Å². The van der Waals surface area contributed by atoms with Crippen molar-refractivity contribution in [1.29, 1.82) is 0 Å². The molecule has 0 radical (unpaired) electrons. The van der Waals surface area contributed by atoms with Crippen LogP contribution in [0.2, 0.25) is 0 Å². The van der Waals surface area contributed by atoms with Crippen molar-refractivity contribution in [1.82, 2.24) is 15.0 Å². The summed E-state index contributed by atoms with van der Waals surface area (Å²) in [6, 6.07) is 12.8. The van der Waals surface area contributed by atoms with E-state index in [-0.39, 0.29) is 25.1 Å². The van der Waals surface area contributed by atoms with E-state index in [0.29, 0.717) is 29.0 Å². The molecule has 0 bridgehead atoms. The minimum absolute atomic E-state index is 0.0655. The smallest absolute Gasteiger partial charge is 0.261 e. The van der Waals surface area contributed by atoms with Crippen LogP contribution in [-0.4, -0.2) is 47.8 Å². The number of amides is 1. The van der Waals surface area contributed by atoms with Crippen LogP contribution in [0.4, 0.5) is 0 Å². The van der Waals surface area contributed by atoms with Gasteiger partial charge in [0, 0.05) is 15.2 Å². The first-order chi connectivity index (χ1) is 14.9. The Morgan fingerprint density at radius 3 is 2.45 bits per heavy atom. The lowest BCUT2D eigenvalue weighted by molar-refractivity contribution is -0.136. The molecule has 1 amide bonds. The van der Waals surface area contributed by atoms with Gasteiger partial charge in [-0.15, -0.1) is 0 Å². The van der Waals surface area contributed by atoms with Crippen molar-refractivity contribution in [3.63, 3.8) is 0 Å². The molecule has 0 atom stereocenters. The summed E-state index contributed by atoms with van der Waals surface area (Å²) in [6.45, 7) is 3.96. The number of carbonyl (C=O) groups is 1. The number of hydrogen-bond acceptors (Lipinski definition) is 7. The quantitative estimate of drug-likeness (QED) is 0.379. The minimum Gasteiger partial charge on any atom is -0.493 e. The van der Waals surface area contributed by atoms with Crippen molar-refractivity contribution in [2.45, 2.75) is 26.4 Å². The maximum atomic E-state index is 12.7. The van der Waals surface area contributed by atoms with E-state index in [9.17, 15) is 4.79 Å². The Labute approximate surface area is 194 Å². The molecule has 0 saturated heterocycles. The summed E-state index contributed by atoms with van der Waals surface area (Å²) in [5.74, 6) is 2.39. The Balaban J connectivity index is 1.68. The molecule has 8 nitrogen and oxygen atoms in total. The number of benzene rings is 2. The molecule has 164 valence electrons. The molecule has 0 N–H and O–H groups in total. The maximum Gasteiger partial charge on any atom is 0.261 e. The lowest BCUT2D eigenvalue weighted by atomic mass is 10.2. The van der Waals surface area contributed by atoms with E-state index in [4.69, 9.17) is 18.7 Å². The van der Waals surface area contributed by atoms with Crippen LogP contribution in [0, 0.1) is 3.57 Å². The highest BCUT2D eigenvalue weighted by atomic mass is 127. The van der Waals surface area contributed by atoms with Crippen molar-refractivity contribution in [3.8, 4) is 28.6 Å². The van der Waals surface area contributed by atoms with E-state index in [1.54, 1.807) is 31.3 Å². The molecule has 0 aliphatic carbocycles. The van der Waals surface area contributed by atoms with Crippen molar-refractivity contribution in [2.75, 3.05) is 20.8 Å². The zero-order chi connectivity index (χ0) is 22.4. The molecule has 2 aromatic carbocycles. The fraction of sp³-hybridized carbons (Fsp3) is 0.318. The highest BCUT2D eigenvalue weighted by molar-refractivity contribution is 14.1. The largest absolute Gasteiger partial charge is 0.493 e. The van der Waals surface area contributed by atoms with Crippen LogP contribution in [0.25, 0.3) is 11.4 Å². The molecule has 3 aromatic rings. The average molecular weight is 537 g/mol. The van der Waals surface area contributed by atoms with Crippen molar-refractivity contribution in [3.05, 3.63) is 51.9 Å².